The van der Waals surface area contributed by atoms with Gasteiger partial charge in [-0.05, 0) is 19.4 Å². The number of nitrogens with one attached hydrogen (secondary N) is 2. The molecule has 20 heavy (non-hydrogen) atoms. The highest BCUT2D eigenvalue weighted by Crippen LogP contribution is 2.18. The monoisotopic (exact) mass is 270 g/mol. The van der Waals surface area contributed by atoms with E-state index in [1.54, 1.807) is 6.20 Å². The van der Waals surface area contributed by atoms with Gasteiger partial charge in [-0.25, -0.2) is 4.98 Å². The SMILES string of the molecule is CCCn1cc(CNc2cnc3n[nH]c(C)c3c2)cn1. The van der Waals surface area contributed by atoms with Crippen molar-refractivity contribution in [3.63, 3.8) is 0 Å². The first-order valence-corrected chi connectivity index (χ1v) is 6.82. The molecule has 0 atom stereocenters. The molecule has 0 aliphatic rings. The van der Waals surface area contributed by atoms with Gasteiger partial charge in [0, 0.05) is 35.9 Å². The summed E-state index contributed by atoms with van der Waals surface area (Å²) >= 11 is 0. The molecule has 0 aliphatic carbocycles. The molecule has 0 saturated carbocycles. The lowest BCUT2D eigenvalue weighted by Gasteiger charge is -2.04. The Bertz CT molecular complexity index is 711. The van der Waals surface area contributed by atoms with Crippen molar-refractivity contribution in [3.05, 3.63) is 35.9 Å². The van der Waals surface area contributed by atoms with E-state index in [-0.39, 0.29) is 0 Å². The van der Waals surface area contributed by atoms with Crippen LogP contribution in [0.25, 0.3) is 11.0 Å². The predicted octanol–water partition coefficient (Wildman–Crippen LogP) is 2.48. The molecule has 6 heteroatoms. The fourth-order valence-corrected chi connectivity index (χ4v) is 2.17. The molecule has 0 amide bonds. The Labute approximate surface area is 117 Å². The van der Waals surface area contributed by atoms with Crippen LogP contribution in [0.1, 0.15) is 24.6 Å². The minimum Gasteiger partial charge on any atom is -0.380 e. The van der Waals surface area contributed by atoms with Crippen molar-refractivity contribution in [2.75, 3.05) is 5.32 Å². The molecule has 0 aromatic carbocycles. The van der Waals surface area contributed by atoms with Crippen molar-refractivity contribution in [2.45, 2.75) is 33.4 Å². The fraction of sp³-hybridized carbons (Fsp3) is 0.357. The van der Waals surface area contributed by atoms with Crippen LogP contribution in [-0.4, -0.2) is 25.0 Å². The maximum atomic E-state index is 4.32. The molecule has 6 nitrogen and oxygen atoms in total. The zero-order chi connectivity index (χ0) is 13.9. The van der Waals surface area contributed by atoms with Crippen molar-refractivity contribution in [1.82, 2.24) is 25.0 Å². The number of rotatable bonds is 5. The van der Waals surface area contributed by atoms with Gasteiger partial charge in [0.15, 0.2) is 5.65 Å². The zero-order valence-corrected chi connectivity index (χ0v) is 11.7. The van der Waals surface area contributed by atoms with Crippen LogP contribution in [0.4, 0.5) is 5.69 Å². The van der Waals surface area contributed by atoms with Crippen LogP contribution >= 0.6 is 0 Å². The Kier molecular flexibility index (Phi) is 3.37. The standard InChI is InChI=1S/C14H18N6/c1-3-4-20-9-11(7-17-20)6-15-12-5-13-10(2)18-19-14(13)16-8-12/h5,7-9,15H,3-4,6H2,1-2H3,(H,16,18,19). The molecule has 3 aromatic heterocycles. The zero-order valence-electron chi connectivity index (χ0n) is 11.7. The lowest BCUT2D eigenvalue weighted by atomic mass is 10.2. The van der Waals surface area contributed by atoms with Crippen molar-refractivity contribution in [2.24, 2.45) is 0 Å². The Hall–Kier alpha value is -2.37. The van der Waals surface area contributed by atoms with Gasteiger partial charge in [0.2, 0.25) is 0 Å². The third kappa shape index (κ3) is 2.49. The second-order valence-corrected chi connectivity index (χ2v) is 4.91. The number of aryl methyl sites for hydroxylation is 2. The third-order valence-corrected chi connectivity index (χ3v) is 3.24. The average Bonchev–Trinajstić information content (AvgIpc) is 3.05. The van der Waals surface area contributed by atoms with E-state index in [9.17, 15) is 0 Å². The largest absolute Gasteiger partial charge is 0.380 e. The second kappa shape index (κ2) is 5.32. The van der Waals surface area contributed by atoms with E-state index in [4.69, 9.17) is 0 Å². The quantitative estimate of drug-likeness (QED) is 0.747. The third-order valence-electron chi connectivity index (χ3n) is 3.24. The topological polar surface area (TPSA) is 71.4 Å². The molecular formula is C14H18N6. The van der Waals surface area contributed by atoms with Crippen LogP contribution in [0.5, 0.6) is 0 Å². The molecule has 2 N–H and O–H groups in total. The molecule has 0 radical (unpaired) electrons. The van der Waals surface area contributed by atoms with Gasteiger partial charge in [0.1, 0.15) is 0 Å². The van der Waals surface area contributed by atoms with Gasteiger partial charge in [0.05, 0.1) is 18.1 Å². The first-order valence-electron chi connectivity index (χ1n) is 6.82. The van der Waals surface area contributed by atoms with Crippen molar-refractivity contribution in [1.29, 1.82) is 0 Å². The van der Waals surface area contributed by atoms with Crippen LogP contribution in [0.2, 0.25) is 0 Å². The molecule has 0 aliphatic heterocycles. The molecule has 3 aromatic rings. The molecule has 3 heterocycles. The number of aromatic amines is 1. The number of hydrogen-bond donors (Lipinski definition) is 2. The summed E-state index contributed by atoms with van der Waals surface area (Å²) in [6.07, 6.45) is 6.87. The summed E-state index contributed by atoms with van der Waals surface area (Å²) in [6, 6.07) is 2.07. The summed E-state index contributed by atoms with van der Waals surface area (Å²) < 4.78 is 1.97. The minimum absolute atomic E-state index is 0.744. The van der Waals surface area contributed by atoms with Gasteiger partial charge >= 0.3 is 0 Å². The second-order valence-electron chi connectivity index (χ2n) is 4.91. The Morgan fingerprint density at radius 2 is 2.25 bits per heavy atom. The molecule has 0 saturated heterocycles. The molecule has 3 rings (SSSR count). The summed E-state index contributed by atoms with van der Waals surface area (Å²) in [5.41, 5.74) is 3.95. The summed E-state index contributed by atoms with van der Waals surface area (Å²) in [7, 11) is 0. The van der Waals surface area contributed by atoms with Crippen LogP contribution in [0.15, 0.2) is 24.7 Å². The van der Waals surface area contributed by atoms with Gasteiger partial charge in [-0.3, -0.25) is 9.78 Å². The van der Waals surface area contributed by atoms with Crippen LogP contribution < -0.4 is 5.32 Å². The summed E-state index contributed by atoms with van der Waals surface area (Å²) in [6.45, 7) is 5.85. The minimum atomic E-state index is 0.744. The van der Waals surface area contributed by atoms with E-state index in [1.165, 1.54) is 5.56 Å². The molecule has 0 bridgehead atoms. The normalized spacial score (nSPS) is 11.1. The number of anilines is 1. The number of nitrogens with zero attached hydrogens (tertiary/aromatic N) is 4. The van der Waals surface area contributed by atoms with Gasteiger partial charge < -0.3 is 5.32 Å². The number of H-pyrrole nitrogens is 1. The molecule has 0 unspecified atom stereocenters. The van der Waals surface area contributed by atoms with Crippen LogP contribution in [0, 0.1) is 6.92 Å². The van der Waals surface area contributed by atoms with Crippen LogP contribution in [-0.2, 0) is 13.1 Å². The van der Waals surface area contributed by atoms with Crippen molar-refractivity contribution >= 4 is 16.7 Å². The van der Waals surface area contributed by atoms with Gasteiger partial charge in [-0.2, -0.15) is 10.2 Å². The van der Waals surface area contributed by atoms with Gasteiger partial charge in [0.25, 0.3) is 0 Å². The summed E-state index contributed by atoms with van der Waals surface area (Å²) in [4.78, 5) is 4.32. The number of fused-ring (bicyclic) bond motifs is 1. The smallest absolute Gasteiger partial charge is 0.181 e. The van der Waals surface area contributed by atoms with E-state index < -0.39 is 0 Å². The van der Waals surface area contributed by atoms with Gasteiger partial charge in [-0.15, -0.1) is 0 Å². The number of aromatic nitrogens is 5. The van der Waals surface area contributed by atoms with Crippen molar-refractivity contribution in [3.8, 4) is 0 Å². The molecule has 104 valence electrons. The Morgan fingerprint density at radius 3 is 3.10 bits per heavy atom. The highest BCUT2D eigenvalue weighted by molar-refractivity contribution is 5.80. The molecule has 0 spiro atoms. The van der Waals surface area contributed by atoms with Crippen LogP contribution in [0.3, 0.4) is 0 Å². The van der Waals surface area contributed by atoms with Gasteiger partial charge in [-0.1, -0.05) is 6.92 Å². The first kappa shape index (κ1) is 12.7. The predicted molar refractivity (Wildman–Crippen MR) is 78.5 cm³/mol. The van der Waals surface area contributed by atoms with E-state index >= 15 is 0 Å². The molecular weight excluding hydrogens is 252 g/mol. The summed E-state index contributed by atoms with van der Waals surface area (Å²) in [5, 5.41) is 15.8. The highest BCUT2D eigenvalue weighted by atomic mass is 15.3. The average molecular weight is 270 g/mol. The van der Waals surface area contributed by atoms with Crippen molar-refractivity contribution < 1.29 is 0 Å². The Morgan fingerprint density at radius 1 is 1.35 bits per heavy atom. The molecule has 0 fully saturated rings. The number of hydrogen-bond acceptors (Lipinski definition) is 4. The maximum Gasteiger partial charge on any atom is 0.181 e. The maximum absolute atomic E-state index is 4.32. The number of pyridine rings is 1. The fourth-order valence-electron chi connectivity index (χ4n) is 2.17. The van der Waals surface area contributed by atoms with E-state index in [0.717, 1.165) is 41.9 Å². The highest BCUT2D eigenvalue weighted by Gasteiger charge is 2.04. The lowest BCUT2D eigenvalue weighted by Crippen LogP contribution is -1.99. The Balaban J connectivity index is 1.70. The van der Waals surface area contributed by atoms with E-state index in [2.05, 4.69) is 44.8 Å². The summed E-state index contributed by atoms with van der Waals surface area (Å²) in [5.74, 6) is 0. The lowest BCUT2D eigenvalue weighted by molar-refractivity contribution is 0.602. The van der Waals surface area contributed by atoms with E-state index in [0.29, 0.717) is 0 Å². The first-order chi connectivity index (χ1) is 9.76. The van der Waals surface area contributed by atoms with E-state index in [1.807, 2.05) is 17.8 Å².